The topological polar surface area (TPSA) is 110 Å². The fraction of sp³-hybridized carbons (Fsp3) is 0. The van der Waals surface area contributed by atoms with Crippen molar-refractivity contribution in [2.24, 2.45) is 0 Å². The smallest absolute Gasteiger partial charge is 0.335 e. The molecule has 6 N–H and O–H groups in total. The third-order valence-corrected chi connectivity index (χ3v) is 1.42. The first kappa shape index (κ1) is 11.4. The van der Waals surface area contributed by atoms with Gasteiger partial charge in [-0.15, -0.1) is 12.4 Å². The second-order valence-electron chi connectivity index (χ2n) is 2.31. The Morgan fingerprint density at radius 3 is 1.92 bits per heavy atom. The summed E-state index contributed by atoms with van der Waals surface area (Å²) in [4.78, 5) is 10.4. The number of phenolic OH excluding ortho intramolecular Hbond substituents is 1. The highest BCUT2D eigenvalue weighted by atomic mass is 35.5. The second-order valence-corrected chi connectivity index (χ2v) is 2.31. The predicted octanol–water partition coefficient (Wildman–Crippen LogP) is 0.677. The number of carbonyl (C=O) groups is 1. The summed E-state index contributed by atoms with van der Waals surface area (Å²) in [6.07, 6.45) is 0. The van der Waals surface area contributed by atoms with Crippen LogP contribution in [0, 0.1) is 0 Å². The fourth-order valence-electron chi connectivity index (χ4n) is 0.804. The third kappa shape index (κ3) is 2.16. The van der Waals surface area contributed by atoms with E-state index in [0.717, 1.165) is 12.1 Å². The lowest BCUT2D eigenvalue weighted by Crippen LogP contribution is -2.00. The maximum Gasteiger partial charge on any atom is 0.335 e. The number of halogens is 1. The number of aromatic hydroxyl groups is 1. The molecule has 0 aliphatic rings. The molecule has 0 fully saturated rings. The first-order valence-electron chi connectivity index (χ1n) is 3.13. The van der Waals surface area contributed by atoms with Crippen molar-refractivity contribution < 1.29 is 15.0 Å². The molecule has 0 aromatic heterocycles. The minimum absolute atomic E-state index is 0. The van der Waals surface area contributed by atoms with Crippen molar-refractivity contribution in [3.63, 3.8) is 0 Å². The zero-order valence-electron chi connectivity index (χ0n) is 6.52. The largest absolute Gasteiger partial charge is 0.504 e. The van der Waals surface area contributed by atoms with Gasteiger partial charge in [0.25, 0.3) is 0 Å². The molecule has 0 atom stereocenters. The third-order valence-electron chi connectivity index (χ3n) is 1.42. The quantitative estimate of drug-likeness (QED) is 0.397. The van der Waals surface area contributed by atoms with E-state index in [9.17, 15) is 4.79 Å². The van der Waals surface area contributed by atoms with E-state index in [-0.39, 0.29) is 35.1 Å². The summed E-state index contributed by atoms with van der Waals surface area (Å²) >= 11 is 0. The Labute approximate surface area is 80.4 Å². The van der Waals surface area contributed by atoms with E-state index in [1.165, 1.54) is 0 Å². The predicted molar refractivity (Wildman–Crippen MR) is 51.1 cm³/mol. The fourth-order valence-corrected chi connectivity index (χ4v) is 0.804. The van der Waals surface area contributed by atoms with Gasteiger partial charge in [-0.1, -0.05) is 0 Å². The van der Waals surface area contributed by atoms with Crippen molar-refractivity contribution in [1.82, 2.24) is 0 Å². The summed E-state index contributed by atoms with van der Waals surface area (Å²) < 4.78 is 0. The van der Waals surface area contributed by atoms with E-state index >= 15 is 0 Å². The van der Waals surface area contributed by atoms with Crippen LogP contribution in [0.4, 0.5) is 11.4 Å². The van der Waals surface area contributed by atoms with Crippen LogP contribution in [0.1, 0.15) is 10.4 Å². The van der Waals surface area contributed by atoms with Crippen LogP contribution in [0.2, 0.25) is 0 Å². The average molecular weight is 205 g/mol. The van der Waals surface area contributed by atoms with Crippen LogP contribution in [0.5, 0.6) is 5.75 Å². The molecule has 0 saturated carbocycles. The Hall–Kier alpha value is -1.62. The maximum atomic E-state index is 10.4. The number of anilines is 2. The molecule has 5 nitrogen and oxygen atoms in total. The molecule has 0 saturated heterocycles. The number of aromatic carboxylic acids is 1. The van der Waals surface area contributed by atoms with Gasteiger partial charge in [0.1, 0.15) is 0 Å². The molecule has 0 spiro atoms. The van der Waals surface area contributed by atoms with Crippen LogP contribution < -0.4 is 11.5 Å². The Morgan fingerprint density at radius 2 is 1.62 bits per heavy atom. The minimum Gasteiger partial charge on any atom is -0.504 e. The maximum absolute atomic E-state index is 10.4. The summed E-state index contributed by atoms with van der Waals surface area (Å²) in [6.45, 7) is 0. The van der Waals surface area contributed by atoms with Gasteiger partial charge in [-0.3, -0.25) is 0 Å². The zero-order chi connectivity index (χ0) is 9.30. The molecule has 0 unspecified atom stereocenters. The highest BCUT2D eigenvalue weighted by Gasteiger charge is 2.08. The standard InChI is InChI=1S/C7H8N2O3.ClH/c8-4-1-3(7(11)12)2-5(9)6(4)10;/h1-2,10H,8-9H2,(H,11,12);1H. The van der Waals surface area contributed by atoms with E-state index < -0.39 is 5.97 Å². The van der Waals surface area contributed by atoms with Crippen molar-refractivity contribution in [3.8, 4) is 5.75 Å². The molecule has 1 aromatic carbocycles. The second kappa shape index (κ2) is 3.86. The van der Waals surface area contributed by atoms with Crippen molar-refractivity contribution in [1.29, 1.82) is 0 Å². The van der Waals surface area contributed by atoms with E-state index in [1.54, 1.807) is 0 Å². The molecular formula is C7H9ClN2O3. The Morgan fingerprint density at radius 1 is 1.23 bits per heavy atom. The van der Waals surface area contributed by atoms with Crippen LogP contribution >= 0.6 is 12.4 Å². The average Bonchev–Trinajstić information content (AvgIpc) is 1.99. The molecule has 13 heavy (non-hydrogen) atoms. The molecule has 0 aliphatic heterocycles. The highest BCUT2D eigenvalue weighted by molar-refractivity contribution is 5.91. The summed E-state index contributed by atoms with van der Waals surface area (Å²) in [7, 11) is 0. The molecule has 1 rings (SSSR count). The van der Waals surface area contributed by atoms with Crippen LogP contribution in [0.3, 0.4) is 0 Å². The summed E-state index contributed by atoms with van der Waals surface area (Å²) in [6, 6.07) is 2.29. The Bertz CT molecular complexity index is 318. The van der Waals surface area contributed by atoms with Crippen LogP contribution in [-0.2, 0) is 0 Å². The number of nitrogen functional groups attached to an aromatic ring is 2. The van der Waals surface area contributed by atoms with Crippen LogP contribution in [0.25, 0.3) is 0 Å². The Balaban J connectivity index is 0.00000144. The molecular weight excluding hydrogens is 196 g/mol. The van der Waals surface area contributed by atoms with Gasteiger partial charge >= 0.3 is 5.97 Å². The van der Waals surface area contributed by atoms with Gasteiger partial charge in [0.15, 0.2) is 5.75 Å². The summed E-state index contributed by atoms with van der Waals surface area (Å²) in [5.41, 5.74) is 10.4. The van der Waals surface area contributed by atoms with E-state index in [4.69, 9.17) is 21.7 Å². The molecule has 0 bridgehead atoms. The SMILES string of the molecule is Cl.Nc1cc(C(=O)O)cc(N)c1O. The zero-order valence-corrected chi connectivity index (χ0v) is 7.34. The van der Waals surface area contributed by atoms with Gasteiger partial charge in [-0.05, 0) is 12.1 Å². The molecule has 0 aliphatic carbocycles. The van der Waals surface area contributed by atoms with Gasteiger partial charge in [-0.2, -0.15) is 0 Å². The molecule has 0 heterocycles. The van der Waals surface area contributed by atoms with Crippen LogP contribution in [-0.4, -0.2) is 16.2 Å². The van der Waals surface area contributed by atoms with Crippen molar-refractivity contribution >= 4 is 29.8 Å². The van der Waals surface area contributed by atoms with E-state index in [1.807, 2.05) is 0 Å². The van der Waals surface area contributed by atoms with Crippen molar-refractivity contribution in [3.05, 3.63) is 17.7 Å². The van der Waals surface area contributed by atoms with Gasteiger partial charge in [0, 0.05) is 0 Å². The first-order chi connectivity index (χ1) is 5.52. The minimum atomic E-state index is -1.13. The van der Waals surface area contributed by atoms with Gasteiger partial charge in [-0.25, -0.2) is 4.79 Å². The van der Waals surface area contributed by atoms with Crippen LogP contribution in [0.15, 0.2) is 12.1 Å². The molecule has 0 radical (unpaired) electrons. The Kier molecular flexibility index (Phi) is 3.38. The van der Waals surface area contributed by atoms with Gasteiger partial charge in [0.2, 0.25) is 0 Å². The summed E-state index contributed by atoms with van der Waals surface area (Å²) in [5, 5.41) is 17.6. The lowest BCUT2D eigenvalue weighted by atomic mass is 10.1. The first-order valence-corrected chi connectivity index (χ1v) is 3.13. The summed E-state index contributed by atoms with van der Waals surface area (Å²) in [5.74, 6) is -1.41. The number of hydrogen-bond acceptors (Lipinski definition) is 4. The molecule has 72 valence electrons. The number of benzene rings is 1. The number of carboxylic acid groups (broad SMARTS) is 1. The molecule has 6 heteroatoms. The number of phenols is 1. The monoisotopic (exact) mass is 204 g/mol. The highest BCUT2D eigenvalue weighted by Crippen LogP contribution is 2.28. The van der Waals surface area contributed by atoms with E-state index in [2.05, 4.69) is 0 Å². The lowest BCUT2D eigenvalue weighted by Gasteiger charge is -2.03. The van der Waals surface area contributed by atoms with Gasteiger partial charge in [0.05, 0.1) is 16.9 Å². The van der Waals surface area contributed by atoms with Gasteiger partial charge < -0.3 is 21.7 Å². The normalized spacial score (nSPS) is 8.92. The number of hydrogen-bond donors (Lipinski definition) is 4. The number of rotatable bonds is 1. The van der Waals surface area contributed by atoms with Crippen molar-refractivity contribution in [2.75, 3.05) is 11.5 Å². The number of carboxylic acids is 1. The number of nitrogens with two attached hydrogens (primary N) is 2. The molecule has 1 aromatic rings. The van der Waals surface area contributed by atoms with E-state index in [0.29, 0.717) is 0 Å². The lowest BCUT2D eigenvalue weighted by molar-refractivity contribution is 0.0697. The van der Waals surface area contributed by atoms with Crippen molar-refractivity contribution in [2.45, 2.75) is 0 Å². The molecule has 0 amide bonds.